The minimum absolute atomic E-state index is 0.126. The molecule has 1 fully saturated rings. The molecule has 0 aromatic heterocycles. The van der Waals surface area contributed by atoms with Gasteiger partial charge in [-0.2, -0.15) is 5.10 Å². The summed E-state index contributed by atoms with van der Waals surface area (Å²) in [6.07, 6.45) is 8.24. The highest BCUT2D eigenvalue weighted by Crippen LogP contribution is 2.22. The number of nitrogens with one attached hydrogen (secondary N) is 3. The van der Waals surface area contributed by atoms with Gasteiger partial charge in [0.2, 0.25) is 0 Å². The fraction of sp³-hybridized carbons (Fsp3) is 0.280. The first-order chi connectivity index (χ1) is 16.5. The normalized spacial score (nSPS) is 13.8. The van der Waals surface area contributed by atoms with Crippen LogP contribution in [0.1, 0.15) is 48.0 Å². The van der Waals surface area contributed by atoms with E-state index in [1.165, 1.54) is 12.6 Å². The first kappa shape index (κ1) is 25.2. The van der Waals surface area contributed by atoms with E-state index in [9.17, 15) is 14.4 Å². The second kappa shape index (κ2) is 12.7. The average Bonchev–Trinajstić information content (AvgIpc) is 2.84. The first-order valence-corrected chi connectivity index (χ1v) is 11.8. The van der Waals surface area contributed by atoms with Crippen LogP contribution in [0.5, 0.6) is 5.75 Å². The summed E-state index contributed by atoms with van der Waals surface area (Å²) in [5.41, 5.74) is 3.35. The average molecular weight is 527 g/mol. The van der Waals surface area contributed by atoms with E-state index in [0.717, 1.165) is 30.2 Å². The highest BCUT2D eigenvalue weighted by atomic mass is 79.9. The maximum Gasteiger partial charge on any atom is 0.329 e. The highest BCUT2D eigenvalue weighted by molar-refractivity contribution is 9.10. The number of hydrogen-bond acceptors (Lipinski definition) is 5. The second-order valence-corrected chi connectivity index (χ2v) is 8.70. The Morgan fingerprint density at radius 2 is 1.85 bits per heavy atom. The number of hydrazone groups is 1. The second-order valence-electron chi connectivity index (χ2n) is 7.79. The predicted octanol–water partition coefficient (Wildman–Crippen LogP) is 4.17. The molecule has 34 heavy (non-hydrogen) atoms. The molecule has 8 nitrogen and oxygen atoms in total. The van der Waals surface area contributed by atoms with E-state index in [-0.39, 0.29) is 17.6 Å². The smallest absolute Gasteiger partial charge is 0.329 e. The summed E-state index contributed by atoms with van der Waals surface area (Å²) in [4.78, 5) is 37.4. The molecule has 9 heteroatoms. The van der Waals surface area contributed by atoms with Crippen molar-refractivity contribution in [3.8, 4) is 5.75 Å². The van der Waals surface area contributed by atoms with Gasteiger partial charge in [-0.15, -0.1) is 0 Å². The quantitative estimate of drug-likeness (QED) is 0.207. The van der Waals surface area contributed by atoms with Gasteiger partial charge in [-0.1, -0.05) is 60.0 Å². The fourth-order valence-electron chi connectivity index (χ4n) is 3.59. The lowest BCUT2D eigenvalue weighted by atomic mass is 9.95. The van der Waals surface area contributed by atoms with Gasteiger partial charge in [0, 0.05) is 16.1 Å². The van der Waals surface area contributed by atoms with Crippen LogP contribution in [-0.2, 0) is 9.59 Å². The number of para-hydroxylation sites is 1. The topological polar surface area (TPSA) is 109 Å². The molecule has 0 radical (unpaired) electrons. The minimum atomic E-state index is -0.970. The lowest BCUT2D eigenvalue weighted by molar-refractivity contribution is -0.136. The maximum atomic E-state index is 12.7. The fourth-order valence-corrected chi connectivity index (χ4v) is 3.97. The number of carbonyl (C=O) groups excluding carboxylic acids is 3. The Hall–Kier alpha value is -3.46. The summed E-state index contributed by atoms with van der Waals surface area (Å²) in [7, 11) is 0. The Balaban J connectivity index is 1.61. The highest BCUT2D eigenvalue weighted by Gasteiger charge is 2.20. The van der Waals surface area contributed by atoms with E-state index in [0.29, 0.717) is 23.5 Å². The number of hydrogen-bond donors (Lipinski definition) is 3. The summed E-state index contributed by atoms with van der Waals surface area (Å²) in [5.74, 6) is -1.64. The van der Waals surface area contributed by atoms with Gasteiger partial charge in [0.25, 0.3) is 5.91 Å². The zero-order chi connectivity index (χ0) is 24.3. The Bertz CT molecular complexity index is 1080. The molecule has 0 spiro atoms. The van der Waals surface area contributed by atoms with Crippen molar-refractivity contribution in [3.05, 3.63) is 70.7 Å². The summed E-state index contributed by atoms with van der Waals surface area (Å²) < 4.78 is 6.35. The van der Waals surface area contributed by atoms with Crippen molar-refractivity contribution in [2.24, 2.45) is 5.10 Å². The van der Waals surface area contributed by atoms with E-state index < -0.39 is 11.8 Å². The molecule has 2 aromatic rings. The maximum absolute atomic E-state index is 12.7. The van der Waals surface area contributed by atoms with Crippen molar-refractivity contribution in [2.75, 3.05) is 11.9 Å². The number of carbonyl (C=O) groups is 3. The molecule has 0 atom stereocenters. The lowest BCUT2D eigenvalue weighted by Gasteiger charge is -2.23. The van der Waals surface area contributed by atoms with Crippen LogP contribution in [0.3, 0.4) is 0 Å². The minimum Gasteiger partial charge on any atom is -0.489 e. The molecule has 1 saturated carbocycles. The summed E-state index contributed by atoms with van der Waals surface area (Å²) in [5, 5.41) is 9.37. The molecule has 0 bridgehead atoms. The van der Waals surface area contributed by atoms with Crippen molar-refractivity contribution >= 4 is 45.6 Å². The number of amides is 3. The Labute approximate surface area is 207 Å². The van der Waals surface area contributed by atoms with Crippen molar-refractivity contribution in [2.45, 2.75) is 38.1 Å². The predicted molar refractivity (Wildman–Crippen MR) is 135 cm³/mol. The van der Waals surface area contributed by atoms with E-state index in [4.69, 9.17) is 4.74 Å². The van der Waals surface area contributed by atoms with Crippen LogP contribution in [0, 0.1) is 0 Å². The van der Waals surface area contributed by atoms with Crippen LogP contribution in [0.2, 0.25) is 0 Å². The van der Waals surface area contributed by atoms with Gasteiger partial charge in [-0.05, 0) is 43.2 Å². The number of anilines is 1. The molecule has 3 N–H and O–H groups in total. The molecule has 0 unspecified atom stereocenters. The zero-order valence-electron chi connectivity index (χ0n) is 18.7. The van der Waals surface area contributed by atoms with Crippen molar-refractivity contribution < 1.29 is 19.1 Å². The van der Waals surface area contributed by atoms with Gasteiger partial charge < -0.3 is 15.4 Å². The Morgan fingerprint density at radius 1 is 1.09 bits per heavy atom. The number of benzene rings is 2. The SMILES string of the molecule is C=CCOc1ccc(Br)cc1C=NNC(=O)C(=O)Nc1ccccc1C(=O)NC1CCCCC1. The van der Waals surface area contributed by atoms with Crippen molar-refractivity contribution in [3.63, 3.8) is 0 Å². The number of rotatable bonds is 8. The van der Waals surface area contributed by atoms with Crippen LogP contribution >= 0.6 is 15.9 Å². The molecule has 3 amide bonds. The molecule has 1 aliphatic carbocycles. The summed E-state index contributed by atoms with van der Waals surface area (Å²) in [6, 6.07) is 12.0. The van der Waals surface area contributed by atoms with Crippen LogP contribution in [0.25, 0.3) is 0 Å². The van der Waals surface area contributed by atoms with Crippen LogP contribution < -0.4 is 20.8 Å². The third-order valence-corrected chi connectivity index (χ3v) is 5.76. The summed E-state index contributed by atoms with van der Waals surface area (Å²) in [6.45, 7) is 3.92. The Morgan fingerprint density at radius 3 is 2.62 bits per heavy atom. The number of halogens is 1. The van der Waals surface area contributed by atoms with E-state index in [1.807, 2.05) is 6.07 Å². The van der Waals surface area contributed by atoms with Gasteiger partial charge in [-0.3, -0.25) is 14.4 Å². The third-order valence-electron chi connectivity index (χ3n) is 5.26. The summed E-state index contributed by atoms with van der Waals surface area (Å²) >= 11 is 3.37. The lowest BCUT2D eigenvalue weighted by Crippen LogP contribution is -2.37. The van der Waals surface area contributed by atoms with Gasteiger partial charge in [0.1, 0.15) is 12.4 Å². The molecule has 178 valence electrons. The number of nitrogens with zero attached hydrogens (tertiary/aromatic N) is 1. The molecular formula is C25H27BrN4O4. The molecule has 0 heterocycles. The van der Waals surface area contributed by atoms with Crippen molar-refractivity contribution in [1.29, 1.82) is 0 Å². The van der Waals surface area contributed by atoms with E-state index >= 15 is 0 Å². The van der Waals surface area contributed by atoms with Gasteiger partial charge in [0.05, 0.1) is 17.5 Å². The molecule has 3 rings (SSSR count). The Kier molecular flexibility index (Phi) is 9.40. The third kappa shape index (κ3) is 7.28. The van der Waals surface area contributed by atoms with Crippen LogP contribution in [-0.4, -0.2) is 36.6 Å². The van der Waals surface area contributed by atoms with Crippen LogP contribution in [0.4, 0.5) is 5.69 Å². The van der Waals surface area contributed by atoms with Crippen LogP contribution in [0.15, 0.2) is 64.7 Å². The standard InChI is InChI=1S/C25H27BrN4O4/c1-2-14-34-22-13-12-18(26)15-17(22)16-27-30-25(33)24(32)29-21-11-7-6-10-20(21)23(31)28-19-8-4-3-5-9-19/h2,6-7,10-13,15-16,19H,1,3-5,8-9,14H2,(H,28,31)(H,29,32)(H,30,33). The van der Waals surface area contributed by atoms with Crippen molar-refractivity contribution in [1.82, 2.24) is 10.7 Å². The molecule has 2 aromatic carbocycles. The monoisotopic (exact) mass is 526 g/mol. The van der Waals surface area contributed by atoms with Gasteiger partial charge in [0.15, 0.2) is 0 Å². The molecular weight excluding hydrogens is 500 g/mol. The molecule has 0 saturated heterocycles. The first-order valence-electron chi connectivity index (χ1n) is 11.1. The van der Waals surface area contributed by atoms with E-state index in [2.05, 4.69) is 43.7 Å². The van der Waals surface area contributed by atoms with Gasteiger partial charge >= 0.3 is 11.8 Å². The molecule has 1 aliphatic rings. The molecule has 0 aliphatic heterocycles. The van der Waals surface area contributed by atoms with Gasteiger partial charge in [-0.25, -0.2) is 5.43 Å². The zero-order valence-corrected chi connectivity index (χ0v) is 20.3. The number of ether oxygens (including phenoxy) is 1. The van der Waals surface area contributed by atoms with E-state index in [1.54, 1.807) is 42.5 Å². The largest absolute Gasteiger partial charge is 0.489 e.